The van der Waals surface area contributed by atoms with Crippen LogP contribution in [0.25, 0.3) is 0 Å². The number of hydrogen-bond acceptors (Lipinski definition) is 2. The summed E-state index contributed by atoms with van der Waals surface area (Å²) in [6, 6.07) is 4.33. The highest BCUT2D eigenvalue weighted by Gasteiger charge is 2.33. The highest BCUT2D eigenvalue weighted by molar-refractivity contribution is 5.79. The maximum absolute atomic E-state index is 11.3. The predicted molar refractivity (Wildman–Crippen MR) is 72.8 cm³/mol. The summed E-state index contributed by atoms with van der Waals surface area (Å²) >= 11 is 0. The van der Waals surface area contributed by atoms with Crippen molar-refractivity contribution in [1.29, 1.82) is 0 Å². The molecule has 0 spiro atoms. The van der Waals surface area contributed by atoms with Crippen molar-refractivity contribution < 1.29 is 9.90 Å². The molecule has 98 valence electrons. The Morgan fingerprint density at radius 3 is 2.11 bits per heavy atom. The van der Waals surface area contributed by atoms with Crippen LogP contribution < -0.4 is 0 Å². The van der Waals surface area contributed by atoms with Crippen LogP contribution in [-0.2, 0) is 11.2 Å². The van der Waals surface area contributed by atoms with Crippen molar-refractivity contribution in [2.24, 2.45) is 0 Å². The van der Waals surface area contributed by atoms with E-state index in [1.165, 1.54) is 22.3 Å². The first-order valence-electron chi connectivity index (χ1n) is 6.70. The van der Waals surface area contributed by atoms with Crippen LogP contribution in [0, 0.1) is 20.8 Å². The minimum atomic E-state index is -0.682. The van der Waals surface area contributed by atoms with Crippen molar-refractivity contribution in [1.82, 2.24) is 0 Å². The van der Waals surface area contributed by atoms with Gasteiger partial charge in [-0.2, -0.15) is 0 Å². The number of hydrogen-bond donors (Lipinski definition) is 1. The van der Waals surface area contributed by atoms with Gasteiger partial charge in [-0.3, -0.25) is 4.79 Å². The zero-order chi connectivity index (χ0) is 13.3. The summed E-state index contributed by atoms with van der Waals surface area (Å²) in [5, 5.41) is 10.6. The molecule has 0 amide bonds. The third-order valence-electron chi connectivity index (χ3n) is 4.08. The summed E-state index contributed by atoms with van der Waals surface area (Å²) in [6.07, 6.45) is 2.95. The average molecular weight is 246 g/mol. The molecule has 0 aromatic heterocycles. The Hall–Kier alpha value is -1.15. The topological polar surface area (TPSA) is 37.3 Å². The molecule has 0 unspecified atom stereocenters. The molecule has 2 nitrogen and oxygen atoms in total. The molecule has 18 heavy (non-hydrogen) atoms. The second-order valence-corrected chi connectivity index (χ2v) is 5.82. The molecule has 0 saturated heterocycles. The zero-order valence-corrected chi connectivity index (χ0v) is 11.5. The molecule has 1 saturated carbocycles. The number of aliphatic hydroxyl groups is 1. The number of carbonyl (C=O) groups excluding carboxylic acids is 1. The van der Waals surface area contributed by atoms with Crippen molar-refractivity contribution in [3.8, 4) is 0 Å². The second-order valence-electron chi connectivity index (χ2n) is 5.82. The minimum absolute atomic E-state index is 0.289. The Balaban J connectivity index is 2.21. The average Bonchev–Trinajstić information content (AvgIpc) is 2.28. The van der Waals surface area contributed by atoms with Gasteiger partial charge in [-0.05, 0) is 50.3 Å². The lowest BCUT2D eigenvalue weighted by molar-refractivity contribution is -0.125. The number of Topliss-reactive ketones (excluding diaryl/α,β-unsaturated/α-hetero) is 1. The number of ketones is 1. The molecule has 1 aliphatic carbocycles. The standard InChI is InChI=1S/C16H22O2/c1-11-8-12(2)15(13(3)9-11)10-16(18)6-4-14(17)5-7-16/h8-9,18H,4-7,10H2,1-3H3. The van der Waals surface area contributed by atoms with Crippen LogP contribution >= 0.6 is 0 Å². The summed E-state index contributed by atoms with van der Waals surface area (Å²) in [7, 11) is 0. The first kappa shape index (κ1) is 13.3. The Kier molecular flexibility index (Phi) is 3.58. The van der Waals surface area contributed by atoms with Crippen LogP contribution in [0.1, 0.15) is 47.9 Å². The zero-order valence-electron chi connectivity index (χ0n) is 11.5. The van der Waals surface area contributed by atoms with Crippen LogP contribution in [0.4, 0.5) is 0 Å². The Morgan fingerprint density at radius 2 is 1.61 bits per heavy atom. The first-order chi connectivity index (χ1) is 8.39. The second kappa shape index (κ2) is 4.85. The summed E-state index contributed by atoms with van der Waals surface area (Å²) < 4.78 is 0. The van der Waals surface area contributed by atoms with E-state index in [9.17, 15) is 9.90 Å². The summed E-state index contributed by atoms with van der Waals surface area (Å²) in [4.78, 5) is 11.3. The van der Waals surface area contributed by atoms with Gasteiger partial charge < -0.3 is 5.11 Å². The molecular formula is C16H22O2. The van der Waals surface area contributed by atoms with E-state index in [-0.39, 0.29) is 5.78 Å². The van der Waals surface area contributed by atoms with Crippen molar-refractivity contribution in [2.75, 3.05) is 0 Å². The molecular weight excluding hydrogens is 224 g/mol. The normalized spacial score (nSPS) is 19.0. The molecule has 1 aromatic rings. The van der Waals surface area contributed by atoms with Crippen LogP contribution in [0.3, 0.4) is 0 Å². The van der Waals surface area contributed by atoms with E-state index in [1.54, 1.807) is 0 Å². The van der Waals surface area contributed by atoms with E-state index in [0.717, 1.165) is 0 Å². The third kappa shape index (κ3) is 2.81. The lowest BCUT2D eigenvalue weighted by Crippen LogP contribution is -2.36. The molecule has 0 bridgehead atoms. The molecule has 0 atom stereocenters. The van der Waals surface area contributed by atoms with E-state index >= 15 is 0 Å². The largest absolute Gasteiger partial charge is 0.390 e. The summed E-state index contributed by atoms with van der Waals surface area (Å²) in [5.74, 6) is 0.289. The smallest absolute Gasteiger partial charge is 0.133 e. The lowest BCUT2D eigenvalue weighted by atomic mass is 9.78. The Labute approximate surface area is 109 Å². The van der Waals surface area contributed by atoms with Gasteiger partial charge >= 0.3 is 0 Å². The Bertz CT molecular complexity index is 441. The number of aryl methyl sites for hydroxylation is 3. The fourth-order valence-corrected chi connectivity index (χ4v) is 2.99. The monoisotopic (exact) mass is 246 g/mol. The van der Waals surface area contributed by atoms with Gasteiger partial charge in [0.25, 0.3) is 0 Å². The first-order valence-corrected chi connectivity index (χ1v) is 6.70. The van der Waals surface area contributed by atoms with E-state index in [4.69, 9.17) is 0 Å². The maximum atomic E-state index is 11.3. The van der Waals surface area contributed by atoms with Gasteiger partial charge in [-0.1, -0.05) is 17.7 Å². The fraction of sp³-hybridized carbons (Fsp3) is 0.562. The SMILES string of the molecule is Cc1cc(C)c(CC2(O)CCC(=O)CC2)c(C)c1. The van der Waals surface area contributed by atoms with E-state index in [0.29, 0.717) is 32.1 Å². The number of rotatable bonds is 2. The van der Waals surface area contributed by atoms with Gasteiger partial charge in [0, 0.05) is 19.3 Å². The van der Waals surface area contributed by atoms with Crippen LogP contribution in [0.2, 0.25) is 0 Å². The van der Waals surface area contributed by atoms with E-state index < -0.39 is 5.60 Å². The molecule has 0 aliphatic heterocycles. The summed E-state index contributed by atoms with van der Waals surface area (Å²) in [6.45, 7) is 6.30. The fourth-order valence-electron chi connectivity index (χ4n) is 2.99. The Morgan fingerprint density at radius 1 is 1.11 bits per heavy atom. The molecule has 0 radical (unpaired) electrons. The highest BCUT2D eigenvalue weighted by Crippen LogP contribution is 2.31. The number of carbonyl (C=O) groups is 1. The van der Waals surface area contributed by atoms with Crippen LogP contribution in [0.15, 0.2) is 12.1 Å². The highest BCUT2D eigenvalue weighted by atomic mass is 16.3. The van der Waals surface area contributed by atoms with Gasteiger partial charge in [0.05, 0.1) is 5.60 Å². The molecule has 1 fully saturated rings. The van der Waals surface area contributed by atoms with Crippen molar-refractivity contribution >= 4 is 5.78 Å². The van der Waals surface area contributed by atoms with E-state index in [2.05, 4.69) is 32.9 Å². The lowest BCUT2D eigenvalue weighted by Gasteiger charge is -2.32. The minimum Gasteiger partial charge on any atom is -0.390 e. The van der Waals surface area contributed by atoms with Crippen LogP contribution in [0.5, 0.6) is 0 Å². The third-order valence-corrected chi connectivity index (χ3v) is 4.08. The predicted octanol–water partition coefficient (Wildman–Crippen LogP) is 3.03. The maximum Gasteiger partial charge on any atom is 0.133 e. The van der Waals surface area contributed by atoms with Crippen molar-refractivity contribution in [3.05, 3.63) is 34.4 Å². The molecule has 1 aliphatic rings. The van der Waals surface area contributed by atoms with Gasteiger partial charge in [0.1, 0.15) is 5.78 Å². The van der Waals surface area contributed by atoms with Crippen molar-refractivity contribution in [3.63, 3.8) is 0 Å². The molecule has 1 aromatic carbocycles. The number of benzene rings is 1. The summed E-state index contributed by atoms with van der Waals surface area (Å²) in [5.41, 5.74) is 4.33. The van der Waals surface area contributed by atoms with Gasteiger partial charge in [-0.15, -0.1) is 0 Å². The molecule has 0 heterocycles. The van der Waals surface area contributed by atoms with Crippen LogP contribution in [-0.4, -0.2) is 16.5 Å². The molecule has 1 N–H and O–H groups in total. The van der Waals surface area contributed by atoms with Crippen molar-refractivity contribution in [2.45, 2.75) is 58.5 Å². The molecule has 2 heteroatoms. The van der Waals surface area contributed by atoms with Gasteiger partial charge in [0.15, 0.2) is 0 Å². The quantitative estimate of drug-likeness (QED) is 0.871. The van der Waals surface area contributed by atoms with Gasteiger partial charge in [0.2, 0.25) is 0 Å². The van der Waals surface area contributed by atoms with E-state index in [1.807, 2.05) is 0 Å². The van der Waals surface area contributed by atoms with Gasteiger partial charge in [-0.25, -0.2) is 0 Å². The molecule has 2 rings (SSSR count).